The maximum Gasteiger partial charge on any atom is 0.0342 e. The van der Waals surface area contributed by atoms with E-state index in [1.54, 1.807) is 0 Å². The van der Waals surface area contributed by atoms with Crippen LogP contribution in [0.1, 0.15) is 56.6 Å². The lowest BCUT2D eigenvalue weighted by Crippen LogP contribution is -2.30. The van der Waals surface area contributed by atoms with E-state index in [9.17, 15) is 0 Å². The number of hydrogen-bond donors (Lipinski definition) is 1. The molecule has 0 saturated carbocycles. The first kappa shape index (κ1) is 16.3. The number of hydrogen-bond acceptors (Lipinski definition) is 1. The number of rotatable bonds is 7. The van der Waals surface area contributed by atoms with Gasteiger partial charge in [0.15, 0.2) is 0 Å². The predicted octanol–water partition coefficient (Wildman–Crippen LogP) is 5.31. The Hall–Kier alpha value is -1.60. The van der Waals surface area contributed by atoms with E-state index >= 15 is 0 Å². The van der Waals surface area contributed by atoms with Gasteiger partial charge in [0.2, 0.25) is 0 Å². The highest BCUT2D eigenvalue weighted by molar-refractivity contribution is 5.41. The Kier molecular flexibility index (Phi) is 5.51. The molecule has 1 N–H and O–H groups in total. The Morgan fingerprint density at radius 3 is 2.04 bits per heavy atom. The van der Waals surface area contributed by atoms with E-state index in [-0.39, 0.29) is 5.41 Å². The van der Waals surface area contributed by atoms with Gasteiger partial charge in [-0.25, -0.2) is 0 Å². The molecular weight excluding hydrogens is 278 g/mol. The fraction of sp³-hybridized carbons (Fsp3) is 0.455. The molecular formula is C22H29N. The Bertz CT molecular complexity index is 536. The van der Waals surface area contributed by atoms with Crippen LogP contribution in [0, 0.1) is 0 Å². The van der Waals surface area contributed by atoms with Crippen molar-refractivity contribution in [3.05, 3.63) is 71.8 Å². The van der Waals surface area contributed by atoms with Crippen molar-refractivity contribution in [1.29, 1.82) is 0 Å². The van der Waals surface area contributed by atoms with Gasteiger partial charge in [-0.15, -0.1) is 0 Å². The summed E-state index contributed by atoms with van der Waals surface area (Å²) in [5.41, 5.74) is 3.04. The second-order valence-corrected chi connectivity index (χ2v) is 6.95. The monoisotopic (exact) mass is 307 g/mol. The highest BCUT2D eigenvalue weighted by Crippen LogP contribution is 2.40. The first-order chi connectivity index (χ1) is 11.3. The summed E-state index contributed by atoms with van der Waals surface area (Å²) in [6.45, 7) is 3.34. The highest BCUT2D eigenvalue weighted by Gasteiger charge is 2.41. The minimum atomic E-state index is 0.137. The summed E-state index contributed by atoms with van der Waals surface area (Å²) in [6.07, 6.45) is 7.93. The van der Waals surface area contributed by atoms with Crippen LogP contribution in [0.15, 0.2) is 60.7 Å². The molecule has 1 saturated heterocycles. The number of nitrogens with one attached hydrogen (secondary N) is 1. The number of unbranched alkanes of at least 4 members (excludes halogenated alkanes) is 3. The van der Waals surface area contributed by atoms with Gasteiger partial charge in [0, 0.05) is 18.0 Å². The third-order valence-electron chi connectivity index (χ3n) is 5.35. The summed E-state index contributed by atoms with van der Waals surface area (Å²) >= 11 is 0. The molecule has 1 fully saturated rings. The van der Waals surface area contributed by atoms with E-state index < -0.39 is 0 Å². The van der Waals surface area contributed by atoms with Crippen molar-refractivity contribution in [3.63, 3.8) is 0 Å². The standard InChI is InChI=1S/C22H29N/c1-2-3-4-11-16-21-17-22(18-23-21,19-12-7-5-8-13-19)20-14-9-6-10-15-20/h5-10,12-15,21,23H,2-4,11,16-18H2,1H3. The van der Waals surface area contributed by atoms with Crippen LogP contribution in [0.4, 0.5) is 0 Å². The van der Waals surface area contributed by atoms with Gasteiger partial charge in [-0.2, -0.15) is 0 Å². The molecule has 0 spiro atoms. The SMILES string of the molecule is CCCCCCC1CC(c2ccccc2)(c2ccccc2)CN1. The van der Waals surface area contributed by atoms with Crippen LogP contribution in [0.3, 0.4) is 0 Å². The lowest BCUT2D eigenvalue weighted by Gasteiger charge is -2.30. The molecule has 0 bridgehead atoms. The maximum absolute atomic E-state index is 3.82. The van der Waals surface area contributed by atoms with Crippen LogP contribution >= 0.6 is 0 Å². The minimum Gasteiger partial charge on any atom is -0.313 e. The quantitative estimate of drug-likeness (QED) is 0.684. The van der Waals surface area contributed by atoms with Crippen LogP contribution in [0.2, 0.25) is 0 Å². The van der Waals surface area contributed by atoms with Crippen molar-refractivity contribution in [2.24, 2.45) is 0 Å². The Morgan fingerprint density at radius 2 is 1.48 bits per heavy atom. The van der Waals surface area contributed by atoms with Crippen LogP contribution in [0.5, 0.6) is 0 Å². The molecule has 23 heavy (non-hydrogen) atoms. The summed E-state index contributed by atoms with van der Waals surface area (Å²) in [5, 5.41) is 3.82. The van der Waals surface area contributed by atoms with Gasteiger partial charge in [-0.05, 0) is 24.0 Å². The first-order valence-electron chi connectivity index (χ1n) is 9.19. The molecule has 1 atom stereocenters. The van der Waals surface area contributed by atoms with Gasteiger partial charge in [0.05, 0.1) is 0 Å². The van der Waals surface area contributed by atoms with Gasteiger partial charge in [0.1, 0.15) is 0 Å². The summed E-state index contributed by atoms with van der Waals surface area (Å²) in [7, 11) is 0. The van der Waals surface area contributed by atoms with E-state index in [4.69, 9.17) is 0 Å². The molecule has 1 aliphatic heterocycles. The Labute approximate surface area is 141 Å². The van der Waals surface area contributed by atoms with Crippen molar-refractivity contribution in [2.75, 3.05) is 6.54 Å². The Balaban J connectivity index is 1.79. The summed E-state index contributed by atoms with van der Waals surface area (Å²) in [6, 6.07) is 22.8. The topological polar surface area (TPSA) is 12.0 Å². The summed E-state index contributed by atoms with van der Waals surface area (Å²) < 4.78 is 0. The molecule has 2 aromatic rings. The molecule has 1 unspecified atom stereocenters. The average Bonchev–Trinajstić information content (AvgIpc) is 3.06. The van der Waals surface area contributed by atoms with E-state index in [0.29, 0.717) is 6.04 Å². The predicted molar refractivity (Wildman–Crippen MR) is 98.8 cm³/mol. The van der Waals surface area contributed by atoms with Crippen molar-refractivity contribution in [2.45, 2.75) is 56.9 Å². The lowest BCUT2D eigenvalue weighted by molar-refractivity contribution is 0.491. The maximum atomic E-state index is 3.82. The minimum absolute atomic E-state index is 0.137. The second-order valence-electron chi connectivity index (χ2n) is 6.95. The largest absolute Gasteiger partial charge is 0.313 e. The van der Waals surface area contributed by atoms with Crippen LogP contribution < -0.4 is 5.32 Å². The zero-order valence-electron chi connectivity index (χ0n) is 14.3. The van der Waals surface area contributed by atoms with Gasteiger partial charge in [-0.3, -0.25) is 0 Å². The second kappa shape index (κ2) is 7.79. The lowest BCUT2D eigenvalue weighted by atomic mass is 9.72. The summed E-state index contributed by atoms with van der Waals surface area (Å²) in [4.78, 5) is 0. The number of benzene rings is 2. The molecule has 2 aromatic carbocycles. The van der Waals surface area contributed by atoms with Gasteiger partial charge < -0.3 is 5.32 Å². The zero-order valence-corrected chi connectivity index (χ0v) is 14.3. The van der Waals surface area contributed by atoms with Gasteiger partial charge in [0.25, 0.3) is 0 Å². The molecule has 3 rings (SSSR count). The van der Waals surface area contributed by atoms with Crippen LogP contribution in [-0.4, -0.2) is 12.6 Å². The molecule has 122 valence electrons. The molecule has 1 heteroatoms. The smallest absolute Gasteiger partial charge is 0.0342 e. The van der Waals surface area contributed by atoms with E-state index in [2.05, 4.69) is 72.9 Å². The summed E-state index contributed by atoms with van der Waals surface area (Å²) in [5.74, 6) is 0. The van der Waals surface area contributed by atoms with Crippen molar-refractivity contribution < 1.29 is 0 Å². The first-order valence-corrected chi connectivity index (χ1v) is 9.19. The third kappa shape index (κ3) is 3.67. The zero-order chi connectivity index (χ0) is 16.0. The Morgan fingerprint density at radius 1 is 0.870 bits per heavy atom. The van der Waals surface area contributed by atoms with Crippen molar-refractivity contribution in [3.8, 4) is 0 Å². The fourth-order valence-electron chi connectivity index (χ4n) is 4.03. The highest BCUT2D eigenvalue weighted by atomic mass is 15.0. The van der Waals surface area contributed by atoms with E-state index in [1.165, 1.54) is 49.7 Å². The molecule has 1 nitrogen and oxygen atoms in total. The van der Waals surface area contributed by atoms with Crippen LogP contribution in [0.25, 0.3) is 0 Å². The molecule has 0 radical (unpaired) electrons. The van der Waals surface area contributed by atoms with Crippen LogP contribution in [-0.2, 0) is 5.41 Å². The fourth-order valence-corrected chi connectivity index (χ4v) is 4.03. The van der Waals surface area contributed by atoms with Crippen molar-refractivity contribution >= 4 is 0 Å². The molecule has 1 heterocycles. The van der Waals surface area contributed by atoms with Gasteiger partial charge >= 0.3 is 0 Å². The van der Waals surface area contributed by atoms with E-state index in [1.807, 2.05) is 0 Å². The molecule has 0 aromatic heterocycles. The van der Waals surface area contributed by atoms with E-state index in [0.717, 1.165) is 6.54 Å². The molecule has 0 amide bonds. The molecule has 1 aliphatic rings. The van der Waals surface area contributed by atoms with Gasteiger partial charge in [-0.1, -0.05) is 93.3 Å². The normalized spacial score (nSPS) is 19.8. The average molecular weight is 307 g/mol. The van der Waals surface area contributed by atoms with Crippen molar-refractivity contribution in [1.82, 2.24) is 5.32 Å². The molecule has 0 aliphatic carbocycles. The third-order valence-corrected chi connectivity index (χ3v) is 5.35.